The van der Waals surface area contributed by atoms with Gasteiger partial charge in [0.05, 0.1) is 4.92 Å². The highest BCUT2D eigenvalue weighted by Gasteiger charge is 2.33. The van der Waals surface area contributed by atoms with Crippen molar-refractivity contribution in [1.82, 2.24) is 9.78 Å². The summed E-state index contributed by atoms with van der Waals surface area (Å²) in [7, 11) is 0. The third-order valence-electron chi connectivity index (χ3n) is 4.06. The molecule has 1 atom stereocenters. The van der Waals surface area contributed by atoms with Gasteiger partial charge in [-0.3, -0.25) is 10.1 Å². The molecule has 7 nitrogen and oxygen atoms in total. The molecule has 0 aromatic carbocycles. The zero-order chi connectivity index (χ0) is 15.6. The van der Waals surface area contributed by atoms with Gasteiger partial charge in [-0.1, -0.05) is 0 Å². The summed E-state index contributed by atoms with van der Waals surface area (Å²) >= 11 is 0. The summed E-state index contributed by atoms with van der Waals surface area (Å²) in [6, 6.07) is 0.0746. The van der Waals surface area contributed by atoms with E-state index in [9.17, 15) is 10.1 Å². The molecule has 7 heteroatoms. The van der Waals surface area contributed by atoms with Gasteiger partial charge in [0.15, 0.2) is 0 Å². The first-order valence-electron chi connectivity index (χ1n) is 7.55. The molecule has 1 saturated heterocycles. The lowest BCUT2D eigenvalue weighted by Gasteiger charge is -2.34. The first-order chi connectivity index (χ1) is 9.95. The van der Waals surface area contributed by atoms with E-state index in [2.05, 4.69) is 10.00 Å². The minimum Gasteiger partial charge on any atom is -0.396 e. The smallest absolute Gasteiger partial charge is 0.333 e. The molecule has 2 heterocycles. The van der Waals surface area contributed by atoms with Crippen LogP contribution in [0.25, 0.3) is 0 Å². The Morgan fingerprint density at radius 3 is 2.81 bits per heavy atom. The van der Waals surface area contributed by atoms with Gasteiger partial charge in [-0.25, -0.2) is 4.68 Å². The van der Waals surface area contributed by atoms with E-state index in [1.807, 2.05) is 13.8 Å². The average Bonchev–Trinajstić information content (AvgIpc) is 2.77. The monoisotopic (exact) mass is 296 g/mol. The Morgan fingerprint density at radius 1 is 1.52 bits per heavy atom. The van der Waals surface area contributed by atoms with Gasteiger partial charge in [-0.15, -0.1) is 0 Å². The van der Waals surface area contributed by atoms with Crippen LogP contribution in [-0.4, -0.2) is 39.5 Å². The van der Waals surface area contributed by atoms with Crippen molar-refractivity contribution in [1.29, 1.82) is 0 Å². The topological polar surface area (TPSA) is 84.4 Å². The molecule has 1 aliphatic heterocycles. The van der Waals surface area contributed by atoms with Crippen LogP contribution >= 0.6 is 0 Å². The summed E-state index contributed by atoms with van der Waals surface area (Å²) < 4.78 is 1.76. The van der Waals surface area contributed by atoms with Crippen molar-refractivity contribution in [2.24, 2.45) is 5.92 Å². The molecule has 0 bridgehead atoms. The molecule has 0 aliphatic carbocycles. The molecular formula is C14H24N4O3. The summed E-state index contributed by atoms with van der Waals surface area (Å²) in [5.41, 5.74) is 0.585. The van der Waals surface area contributed by atoms with Gasteiger partial charge >= 0.3 is 5.69 Å². The Kier molecular flexibility index (Phi) is 4.82. The molecule has 21 heavy (non-hydrogen) atoms. The molecule has 2 rings (SSSR count). The second-order valence-corrected chi connectivity index (χ2v) is 6.02. The Morgan fingerprint density at radius 2 is 2.24 bits per heavy atom. The number of aryl methyl sites for hydroxylation is 1. The zero-order valence-electron chi connectivity index (χ0n) is 12.9. The first kappa shape index (κ1) is 15.8. The maximum atomic E-state index is 11.4. The predicted molar refractivity (Wildman–Crippen MR) is 80.6 cm³/mol. The summed E-state index contributed by atoms with van der Waals surface area (Å²) in [5.74, 6) is 1.01. The van der Waals surface area contributed by atoms with Crippen molar-refractivity contribution >= 4 is 11.5 Å². The maximum absolute atomic E-state index is 11.4. The SMILES string of the molecule is Cc1nn(C(C)C)c(N2CCCC(CCO)C2)c1[N+](=O)[O-]. The zero-order valence-corrected chi connectivity index (χ0v) is 12.9. The molecule has 1 aromatic heterocycles. The molecule has 0 radical (unpaired) electrons. The van der Waals surface area contributed by atoms with Gasteiger partial charge in [0.1, 0.15) is 5.69 Å². The van der Waals surface area contributed by atoms with Gasteiger partial charge in [0.25, 0.3) is 0 Å². The molecule has 0 saturated carbocycles. The summed E-state index contributed by atoms with van der Waals surface area (Å²) in [5, 5.41) is 24.9. The second-order valence-electron chi connectivity index (χ2n) is 6.02. The summed E-state index contributed by atoms with van der Waals surface area (Å²) in [6.45, 7) is 7.38. The van der Waals surface area contributed by atoms with E-state index in [0.29, 0.717) is 17.4 Å². The van der Waals surface area contributed by atoms with Crippen molar-refractivity contribution in [3.63, 3.8) is 0 Å². The average molecular weight is 296 g/mol. The lowest BCUT2D eigenvalue weighted by Crippen LogP contribution is -2.37. The number of hydrogen-bond donors (Lipinski definition) is 1. The van der Waals surface area contributed by atoms with Crippen LogP contribution in [0.4, 0.5) is 11.5 Å². The van der Waals surface area contributed by atoms with Gasteiger partial charge < -0.3 is 10.0 Å². The number of aromatic nitrogens is 2. The van der Waals surface area contributed by atoms with Crippen molar-refractivity contribution in [3.05, 3.63) is 15.8 Å². The molecule has 1 N–H and O–H groups in total. The fourth-order valence-electron chi connectivity index (χ4n) is 3.07. The molecule has 118 valence electrons. The van der Waals surface area contributed by atoms with Gasteiger partial charge in [-0.2, -0.15) is 5.10 Å². The van der Waals surface area contributed by atoms with Crippen LogP contribution in [0, 0.1) is 23.0 Å². The Balaban J connectivity index is 2.38. The second kappa shape index (κ2) is 6.43. The summed E-state index contributed by atoms with van der Waals surface area (Å²) in [4.78, 5) is 13.2. The van der Waals surface area contributed by atoms with E-state index in [1.165, 1.54) is 0 Å². The molecular weight excluding hydrogens is 272 g/mol. The Labute approximate surface area is 124 Å². The normalized spacial score (nSPS) is 19.3. The van der Waals surface area contributed by atoms with Crippen LogP contribution in [0.5, 0.6) is 0 Å². The van der Waals surface area contributed by atoms with E-state index in [1.54, 1.807) is 11.6 Å². The highest BCUT2D eigenvalue weighted by atomic mass is 16.6. The van der Waals surface area contributed by atoms with Crippen molar-refractivity contribution in [2.75, 3.05) is 24.6 Å². The van der Waals surface area contributed by atoms with Crippen LogP contribution in [0.3, 0.4) is 0 Å². The number of anilines is 1. The van der Waals surface area contributed by atoms with E-state index in [4.69, 9.17) is 5.11 Å². The van der Waals surface area contributed by atoms with Crippen LogP contribution in [0.2, 0.25) is 0 Å². The van der Waals surface area contributed by atoms with E-state index in [-0.39, 0.29) is 23.3 Å². The van der Waals surface area contributed by atoms with Crippen molar-refractivity contribution in [3.8, 4) is 0 Å². The standard InChI is InChI=1S/C14H24N4O3/c1-10(2)17-14(13(18(20)21)11(3)15-17)16-7-4-5-12(9-16)6-8-19/h10,12,19H,4-9H2,1-3H3. The molecule has 1 unspecified atom stereocenters. The molecule has 0 spiro atoms. The fourth-order valence-corrected chi connectivity index (χ4v) is 3.07. The molecule has 0 amide bonds. The van der Waals surface area contributed by atoms with Crippen LogP contribution in [0.15, 0.2) is 0 Å². The van der Waals surface area contributed by atoms with Crippen molar-refractivity contribution < 1.29 is 10.0 Å². The number of nitro groups is 1. The first-order valence-corrected chi connectivity index (χ1v) is 7.55. The molecule has 1 fully saturated rings. The number of piperidine rings is 1. The molecule has 1 aliphatic rings. The minimum atomic E-state index is -0.327. The predicted octanol–water partition coefficient (Wildman–Crippen LogP) is 2.28. The number of rotatable bonds is 5. The minimum absolute atomic E-state index is 0.0746. The lowest BCUT2D eigenvalue weighted by molar-refractivity contribution is -0.384. The van der Waals surface area contributed by atoms with E-state index in [0.717, 1.165) is 32.4 Å². The highest BCUT2D eigenvalue weighted by molar-refractivity contribution is 5.61. The fraction of sp³-hybridized carbons (Fsp3) is 0.786. The van der Waals surface area contributed by atoms with Gasteiger partial charge in [0.2, 0.25) is 5.82 Å². The van der Waals surface area contributed by atoms with E-state index >= 15 is 0 Å². The largest absolute Gasteiger partial charge is 0.396 e. The highest BCUT2D eigenvalue weighted by Crippen LogP contribution is 2.36. The Bertz CT molecular complexity index is 511. The van der Waals surface area contributed by atoms with Gasteiger partial charge in [0, 0.05) is 25.7 Å². The Hall–Kier alpha value is -1.63. The van der Waals surface area contributed by atoms with Crippen LogP contribution < -0.4 is 4.90 Å². The summed E-state index contributed by atoms with van der Waals surface area (Å²) in [6.07, 6.45) is 2.81. The number of hydrogen-bond acceptors (Lipinski definition) is 5. The van der Waals surface area contributed by atoms with E-state index < -0.39 is 0 Å². The lowest BCUT2D eigenvalue weighted by atomic mass is 9.95. The van der Waals surface area contributed by atoms with Gasteiger partial charge in [-0.05, 0) is 46.0 Å². The third-order valence-corrected chi connectivity index (χ3v) is 4.06. The third kappa shape index (κ3) is 3.18. The quantitative estimate of drug-likeness (QED) is 0.665. The van der Waals surface area contributed by atoms with Crippen LogP contribution in [-0.2, 0) is 0 Å². The van der Waals surface area contributed by atoms with Crippen LogP contribution in [0.1, 0.15) is 44.8 Å². The maximum Gasteiger partial charge on any atom is 0.333 e. The molecule has 1 aromatic rings. The number of nitrogens with zero attached hydrogens (tertiary/aromatic N) is 4. The number of aliphatic hydroxyl groups is 1. The van der Waals surface area contributed by atoms with Crippen molar-refractivity contribution in [2.45, 2.75) is 46.1 Å². The number of aliphatic hydroxyl groups excluding tert-OH is 1.